The molecule has 16 rings (SSSR count). The second-order valence-electron chi connectivity index (χ2n) is 25.5. The molecule has 0 amide bonds. The van der Waals surface area contributed by atoms with Crippen molar-refractivity contribution in [2.75, 3.05) is 9.80 Å². The van der Waals surface area contributed by atoms with Gasteiger partial charge in [0.2, 0.25) is 0 Å². The first kappa shape index (κ1) is 101. The molecule has 0 fully saturated rings. The smallest absolute Gasteiger partial charge is 0.0540 e. The number of hydrogen-bond acceptors (Lipinski definition) is 2. The third kappa shape index (κ3) is 28.8. The van der Waals surface area contributed by atoms with E-state index in [1.807, 2.05) is 138 Å². The Labute approximate surface area is 749 Å². The Kier molecular flexibility index (Phi) is 48.8. The third-order valence-electron chi connectivity index (χ3n) is 18.8. The Morgan fingerprint density at radius 1 is 0.169 bits per heavy atom. The maximum Gasteiger partial charge on any atom is 0.0540 e. The first-order valence-corrected chi connectivity index (χ1v) is 45.5. The highest BCUT2D eigenvalue weighted by atomic mass is 15.1. The first-order valence-electron chi connectivity index (χ1n) is 45.5. The molecule has 0 unspecified atom stereocenters. The molecule has 0 heterocycles. The zero-order valence-corrected chi connectivity index (χ0v) is 77.8. The molecule has 0 radical (unpaired) electrons. The van der Waals surface area contributed by atoms with E-state index in [1.54, 1.807) is 0 Å². The molecule has 124 heavy (non-hydrogen) atoms. The summed E-state index contributed by atoms with van der Waals surface area (Å²) in [5.74, 6) is 0. The van der Waals surface area contributed by atoms with Gasteiger partial charge in [-0.1, -0.05) is 521 Å². The molecule has 0 saturated carbocycles. The molecule has 0 bridgehead atoms. The van der Waals surface area contributed by atoms with Gasteiger partial charge in [-0.2, -0.15) is 0 Å². The molecule has 16 aromatic rings. The van der Waals surface area contributed by atoms with Crippen LogP contribution in [0.4, 0.5) is 34.1 Å². The zero-order valence-electron chi connectivity index (χ0n) is 77.8. The fraction of sp³-hybridized carbons (Fsp3) is 0.164. The molecule has 0 aliphatic rings. The Morgan fingerprint density at radius 3 is 0.637 bits per heavy atom. The van der Waals surface area contributed by atoms with Crippen LogP contribution in [0.25, 0.3) is 68.1 Å². The second kappa shape index (κ2) is 59.9. The van der Waals surface area contributed by atoms with E-state index in [2.05, 4.69) is 471 Å². The van der Waals surface area contributed by atoms with E-state index < -0.39 is 0 Å². The van der Waals surface area contributed by atoms with Crippen molar-refractivity contribution in [3.63, 3.8) is 0 Å². The summed E-state index contributed by atoms with van der Waals surface area (Å²) in [7, 11) is 0. The second-order valence-corrected chi connectivity index (χ2v) is 25.5. The number of hydrogen-bond donors (Lipinski definition) is 0. The minimum atomic E-state index is 1.10. The molecule has 0 N–H and O–H groups in total. The predicted molar refractivity (Wildman–Crippen MR) is 559 cm³/mol. The van der Waals surface area contributed by atoms with Gasteiger partial charge in [-0.25, -0.2) is 0 Å². The van der Waals surface area contributed by atoms with Gasteiger partial charge in [0.1, 0.15) is 0 Å². The third-order valence-corrected chi connectivity index (χ3v) is 18.8. The lowest BCUT2D eigenvalue weighted by Gasteiger charge is -2.27. The molecular formula is C122H136N2. The van der Waals surface area contributed by atoms with Crippen LogP contribution in [-0.4, -0.2) is 0 Å². The summed E-state index contributed by atoms with van der Waals surface area (Å²) >= 11 is 0. The van der Waals surface area contributed by atoms with E-state index in [0.29, 0.717) is 0 Å². The average Bonchev–Trinajstić information content (AvgIpc) is 0.769. The van der Waals surface area contributed by atoms with Crippen LogP contribution >= 0.6 is 0 Å². The fourth-order valence-electron chi connectivity index (χ4n) is 13.8. The number of allylic oxidation sites excluding steroid dienone is 2. The number of para-hydroxylation sites is 2. The minimum Gasteiger partial charge on any atom is -0.310 e. The van der Waals surface area contributed by atoms with Crippen molar-refractivity contribution in [3.8, 4) is 0 Å². The van der Waals surface area contributed by atoms with Crippen LogP contribution in [0.5, 0.6) is 0 Å². The Bertz CT molecular complexity index is 5460. The molecule has 2 nitrogen and oxygen atoms in total. The van der Waals surface area contributed by atoms with Crippen LogP contribution in [0.2, 0.25) is 0 Å². The van der Waals surface area contributed by atoms with Crippen molar-refractivity contribution in [1.82, 2.24) is 0 Å². The van der Waals surface area contributed by atoms with E-state index in [0.717, 1.165) is 45.3 Å². The normalized spacial score (nSPS) is 9.58. The summed E-state index contributed by atoms with van der Waals surface area (Å²) in [5, 5.41) is 4.78. The Hall–Kier alpha value is -13.7. The number of anilines is 6. The van der Waals surface area contributed by atoms with Crippen molar-refractivity contribution in [2.24, 2.45) is 0 Å². The lowest BCUT2D eigenvalue weighted by atomic mass is 9.93. The standard InChI is InChI=1S/C52H39N.C50H37N.10C2H6/c1-6-19-41(20-7-1)48(42-21-8-2-9-22-42)32-18-27-45-35-38-52(50-31-17-16-30-49(45)50)53(46-28-14-5-15-29-46)47-36-33-40(34-37-47)39-51(43-23-10-3-11-24-43)44-25-12-4-13-26-44;1-6-18-39(19-7-1)48(40-20-8-2-9-21-40)36-38-30-33-45(34-31-38)51(44-26-14-5-15-27-44)50-35-32-43(46-28-16-17-29-47(46)50)37-49(41-22-10-3-11-23-41)42-24-12-4-13-25-42;10*1-2/h1-39H;1-37H;10*1-2H3/b27-18+;;;;;;;;;;;. The molecule has 0 aromatic heterocycles. The molecule has 2 heteroatoms. The van der Waals surface area contributed by atoms with Gasteiger partial charge < -0.3 is 9.80 Å². The summed E-state index contributed by atoms with van der Waals surface area (Å²) in [4.78, 5) is 4.73. The highest BCUT2D eigenvalue weighted by Gasteiger charge is 2.20. The fourth-order valence-corrected chi connectivity index (χ4v) is 13.8. The highest BCUT2D eigenvalue weighted by Crippen LogP contribution is 2.44. The topological polar surface area (TPSA) is 6.48 Å². The van der Waals surface area contributed by atoms with Gasteiger partial charge in [0.25, 0.3) is 0 Å². The van der Waals surface area contributed by atoms with Crippen LogP contribution in [0.1, 0.15) is 205 Å². The summed E-state index contributed by atoms with van der Waals surface area (Å²) in [5.41, 5.74) is 25.7. The van der Waals surface area contributed by atoms with E-state index in [4.69, 9.17) is 0 Å². The Morgan fingerprint density at radius 2 is 0.371 bits per heavy atom. The molecule has 0 saturated heterocycles. The van der Waals surface area contributed by atoms with E-state index in [1.165, 1.54) is 99.5 Å². The predicted octanol–water partition coefficient (Wildman–Crippen LogP) is 37.8. The SMILES string of the molecule is C(/C=C/c1ccc(N(c2ccccc2)c2ccc(C=C(c3ccccc3)c3ccccc3)cc2)c2ccccc12)=C(c1ccccc1)c1ccccc1.C(=C(c1ccccc1)c1ccccc1)c1ccc(N(c2ccccc2)c2ccc(C=C(c3ccccc3)c3ccccc3)c3ccccc23)cc1.CC.CC.CC.CC.CC.CC.CC.CC.CC.CC. The maximum absolute atomic E-state index is 2.37. The molecular weight excluding hydrogens is 1490 g/mol. The van der Waals surface area contributed by atoms with Crippen molar-refractivity contribution >= 4 is 102 Å². The van der Waals surface area contributed by atoms with Crippen molar-refractivity contribution in [3.05, 3.63) is 504 Å². The summed E-state index contributed by atoms with van der Waals surface area (Å²) in [6.07, 6.45) is 13.5. The van der Waals surface area contributed by atoms with Gasteiger partial charge in [0.05, 0.1) is 11.4 Å². The number of fused-ring (bicyclic) bond motifs is 2. The first-order chi connectivity index (χ1) is 61.6. The molecule has 0 atom stereocenters. The monoisotopic (exact) mass is 1630 g/mol. The number of benzene rings is 16. The lowest BCUT2D eigenvalue weighted by molar-refractivity contribution is 1.29. The maximum atomic E-state index is 2.37. The van der Waals surface area contributed by atoms with Crippen LogP contribution in [0.3, 0.4) is 0 Å². The van der Waals surface area contributed by atoms with Gasteiger partial charge in [0.15, 0.2) is 0 Å². The molecule has 0 aliphatic carbocycles. The lowest BCUT2D eigenvalue weighted by Crippen LogP contribution is -2.10. The number of rotatable bonds is 19. The Balaban J connectivity index is 0.000000367. The summed E-state index contributed by atoms with van der Waals surface area (Å²) in [6.45, 7) is 40.0. The van der Waals surface area contributed by atoms with Crippen LogP contribution in [0.15, 0.2) is 437 Å². The van der Waals surface area contributed by atoms with E-state index >= 15 is 0 Å². The molecule has 0 aliphatic heterocycles. The largest absolute Gasteiger partial charge is 0.310 e. The summed E-state index contributed by atoms with van der Waals surface area (Å²) < 4.78 is 0. The number of nitrogens with zero attached hydrogens (tertiary/aromatic N) is 2. The van der Waals surface area contributed by atoms with Crippen molar-refractivity contribution in [2.45, 2.75) is 138 Å². The van der Waals surface area contributed by atoms with Crippen LogP contribution in [0, 0.1) is 0 Å². The van der Waals surface area contributed by atoms with Crippen LogP contribution < -0.4 is 9.80 Å². The van der Waals surface area contributed by atoms with Gasteiger partial charge in [-0.05, 0) is 179 Å². The highest BCUT2D eigenvalue weighted by molar-refractivity contribution is 6.07. The van der Waals surface area contributed by atoms with E-state index in [-0.39, 0.29) is 0 Å². The quantitative estimate of drug-likeness (QED) is 0.0588. The molecule has 0 spiro atoms. The van der Waals surface area contributed by atoms with Gasteiger partial charge in [0, 0.05) is 33.5 Å². The van der Waals surface area contributed by atoms with Gasteiger partial charge in [-0.15, -0.1) is 0 Å². The van der Waals surface area contributed by atoms with E-state index in [9.17, 15) is 0 Å². The average molecular weight is 1630 g/mol. The zero-order chi connectivity index (χ0) is 89.9. The molecule has 16 aromatic carbocycles. The van der Waals surface area contributed by atoms with Crippen molar-refractivity contribution < 1.29 is 0 Å². The minimum absolute atomic E-state index is 1.10. The summed E-state index contributed by atoms with van der Waals surface area (Å²) in [6, 6.07) is 151. The van der Waals surface area contributed by atoms with Crippen molar-refractivity contribution in [1.29, 1.82) is 0 Å². The molecule has 634 valence electrons. The van der Waals surface area contributed by atoms with Crippen LogP contribution in [-0.2, 0) is 0 Å². The van der Waals surface area contributed by atoms with Gasteiger partial charge >= 0.3 is 0 Å². The van der Waals surface area contributed by atoms with Gasteiger partial charge in [-0.3, -0.25) is 0 Å².